The molecule has 1 aliphatic rings. The Hall–Kier alpha value is -1.07. The van der Waals surface area contributed by atoms with Crippen molar-refractivity contribution in [2.75, 3.05) is 18.0 Å². The summed E-state index contributed by atoms with van der Waals surface area (Å²) in [7, 11) is 0. The smallest absolute Gasteiger partial charge is 0.335 e. The van der Waals surface area contributed by atoms with Crippen LogP contribution < -0.4 is 4.90 Å². The van der Waals surface area contributed by atoms with Gasteiger partial charge in [0.05, 0.1) is 16.8 Å². The Balaban J connectivity index is 2.38. The van der Waals surface area contributed by atoms with Crippen LogP contribution in [0.15, 0.2) is 22.7 Å². The zero-order valence-electron chi connectivity index (χ0n) is 12.2. The van der Waals surface area contributed by atoms with Crippen LogP contribution in [0, 0.1) is 0 Å². The van der Waals surface area contributed by atoms with E-state index in [1.165, 1.54) is 0 Å². The van der Waals surface area contributed by atoms with E-state index in [9.17, 15) is 9.90 Å². The highest BCUT2D eigenvalue weighted by molar-refractivity contribution is 9.10. The molecule has 0 bridgehead atoms. The Morgan fingerprint density at radius 1 is 1.20 bits per heavy atom. The Bertz CT molecular complexity index is 524. The number of halogens is 1. The maximum atomic E-state index is 11.2. The molecule has 1 aliphatic heterocycles. The summed E-state index contributed by atoms with van der Waals surface area (Å²) in [5, 5.41) is 9.17. The number of hydrogen-bond acceptors (Lipinski definition) is 3. The number of benzene rings is 1. The first kappa shape index (κ1) is 15.3. The fourth-order valence-corrected chi connectivity index (χ4v) is 3.33. The van der Waals surface area contributed by atoms with Gasteiger partial charge in [0.2, 0.25) is 0 Å². The summed E-state index contributed by atoms with van der Waals surface area (Å²) in [6.45, 7) is 9.67. The van der Waals surface area contributed by atoms with Crippen LogP contribution in [0.2, 0.25) is 0 Å². The average molecular weight is 342 g/mol. The van der Waals surface area contributed by atoms with Gasteiger partial charge >= 0.3 is 5.97 Å². The van der Waals surface area contributed by atoms with Crippen molar-refractivity contribution in [1.82, 2.24) is 0 Å². The Labute approximate surface area is 127 Å². The molecule has 1 N–H and O–H groups in total. The number of nitrogens with zero attached hydrogens (tertiary/aromatic N) is 1. The van der Waals surface area contributed by atoms with Gasteiger partial charge < -0.3 is 14.7 Å². The summed E-state index contributed by atoms with van der Waals surface area (Å²) in [5.41, 5.74) is 0.652. The number of rotatable bonds is 2. The summed E-state index contributed by atoms with van der Waals surface area (Å²) >= 11 is 3.38. The van der Waals surface area contributed by atoms with E-state index in [1.54, 1.807) is 12.1 Å². The molecule has 1 aromatic carbocycles. The molecule has 0 atom stereocenters. The molecule has 0 aliphatic carbocycles. The number of hydrogen-bond donors (Lipinski definition) is 1. The van der Waals surface area contributed by atoms with Crippen molar-refractivity contribution in [3.8, 4) is 0 Å². The summed E-state index contributed by atoms with van der Waals surface area (Å²) in [6.07, 6.45) is 0. The molecule has 1 aromatic rings. The minimum atomic E-state index is -0.917. The largest absolute Gasteiger partial charge is 0.478 e. The van der Waals surface area contributed by atoms with Crippen LogP contribution in [-0.2, 0) is 4.74 Å². The first-order valence-electron chi connectivity index (χ1n) is 6.57. The van der Waals surface area contributed by atoms with Crippen LogP contribution in [0.3, 0.4) is 0 Å². The first-order chi connectivity index (χ1) is 9.08. The van der Waals surface area contributed by atoms with Crippen molar-refractivity contribution < 1.29 is 14.6 Å². The monoisotopic (exact) mass is 341 g/mol. The zero-order chi connectivity index (χ0) is 15.1. The molecule has 1 saturated heterocycles. The molecule has 0 aromatic heterocycles. The van der Waals surface area contributed by atoms with E-state index >= 15 is 0 Å². The minimum absolute atomic E-state index is 0.270. The van der Waals surface area contributed by atoms with Crippen molar-refractivity contribution in [1.29, 1.82) is 0 Å². The zero-order valence-corrected chi connectivity index (χ0v) is 13.8. The quantitative estimate of drug-likeness (QED) is 0.893. The lowest BCUT2D eigenvalue weighted by atomic mass is 9.98. The lowest BCUT2D eigenvalue weighted by Crippen LogP contribution is -2.57. The first-order valence-corrected chi connectivity index (χ1v) is 7.36. The molecule has 1 heterocycles. The van der Waals surface area contributed by atoms with Crippen molar-refractivity contribution >= 4 is 27.6 Å². The molecule has 0 spiro atoms. The second-order valence-electron chi connectivity index (χ2n) is 6.48. The highest BCUT2D eigenvalue weighted by Crippen LogP contribution is 2.33. The Kier molecular flexibility index (Phi) is 3.86. The second-order valence-corrected chi connectivity index (χ2v) is 7.40. The fraction of sp³-hybridized carbons (Fsp3) is 0.533. The maximum absolute atomic E-state index is 11.2. The third-order valence-electron chi connectivity index (χ3n) is 3.19. The van der Waals surface area contributed by atoms with Gasteiger partial charge in [-0.2, -0.15) is 0 Å². The van der Waals surface area contributed by atoms with E-state index in [2.05, 4.69) is 48.5 Å². The van der Waals surface area contributed by atoms with Gasteiger partial charge in [-0.05, 0) is 45.9 Å². The van der Waals surface area contributed by atoms with E-state index in [1.807, 2.05) is 6.07 Å². The van der Waals surface area contributed by atoms with Crippen molar-refractivity contribution in [3.05, 3.63) is 28.2 Å². The van der Waals surface area contributed by atoms with Gasteiger partial charge in [0.1, 0.15) is 0 Å². The molecule has 5 heteroatoms. The molecule has 20 heavy (non-hydrogen) atoms. The molecule has 1 fully saturated rings. The lowest BCUT2D eigenvalue weighted by molar-refractivity contribution is -0.133. The highest BCUT2D eigenvalue weighted by Gasteiger charge is 2.38. The molecular weight excluding hydrogens is 322 g/mol. The molecule has 2 rings (SSSR count). The van der Waals surface area contributed by atoms with Crippen LogP contribution >= 0.6 is 15.9 Å². The minimum Gasteiger partial charge on any atom is -0.478 e. The van der Waals surface area contributed by atoms with Gasteiger partial charge in [-0.3, -0.25) is 0 Å². The third kappa shape index (κ3) is 3.52. The number of anilines is 1. The van der Waals surface area contributed by atoms with Crippen LogP contribution in [0.4, 0.5) is 5.69 Å². The van der Waals surface area contributed by atoms with Crippen LogP contribution in [0.1, 0.15) is 38.1 Å². The predicted octanol–water partition coefficient (Wildman–Crippen LogP) is 3.54. The molecule has 0 saturated carbocycles. The normalized spacial score (nSPS) is 20.8. The standard InChI is InChI=1S/C15H20BrNO3/c1-14(2)8-17(9-15(3,4)20-14)12-6-10(13(18)19)5-11(16)7-12/h5-7H,8-9H2,1-4H3,(H,18,19). The number of aromatic carboxylic acids is 1. The molecule has 0 radical (unpaired) electrons. The predicted molar refractivity (Wildman–Crippen MR) is 82.6 cm³/mol. The van der Waals surface area contributed by atoms with Crippen LogP contribution in [0.25, 0.3) is 0 Å². The molecular formula is C15H20BrNO3. The summed E-state index contributed by atoms with van der Waals surface area (Å²) in [5.74, 6) is -0.917. The fourth-order valence-electron chi connectivity index (χ4n) is 2.85. The number of carboxylic acids is 1. The van der Waals surface area contributed by atoms with Gasteiger partial charge in [0, 0.05) is 23.2 Å². The van der Waals surface area contributed by atoms with Gasteiger partial charge in [-0.1, -0.05) is 15.9 Å². The Morgan fingerprint density at radius 3 is 2.25 bits per heavy atom. The van der Waals surface area contributed by atoms with Gasteiger partial charge in [0.25, 0.3) is 0 Å². The molecule has 0 amide bonds. The topological polar surface area (TPSA) is 49.8 Å². The molecule has 0 unspecified atom stereocenters. The van der Waals surface area contributed by atoms with E-state index in [0.29, 0.717) is 0 Å². The maximum Gasteiger partial charge on any atom is 0.335 e. The SMILES string of the molecule is CC1(C)CN(c2cc(Br)cc(C(=O)O)c2)CC(C)(C)O1. The van der Waals surface area contributed by atoms with Gasteiger partial charge in [0.15, 0.2) is 0 Å². The van der Waals surface area contributed by atoms with E-state index in [0.717, 1.165) is 23.2 Å². The number of ether oxygens (including phenoxy) is 1. The van der Waals surface area contributed by atoms with E-state index in [4.69, 9.17) is 4.74 Å². The molecule has 110 valence electrons. The van der Waals surface area contributed by atoms with Crippen LogP contribution in [-0.4, -0.2) is 35.4 Å². The Morgan fingerprint density at radius 2 is 1.75 bits per heavy atom. The van der Waals surface area contributed by atoms with Crippen molar-refractivity contribution in [2.45, 2.75) is 38.9 Å². The molecule has 4 nitrogen and oxygen atoms in total. The van der Waals surface area contributed by atoms with E-state index < -0.39 is 5.97 Å². The van der Waals surface area contributed by atoms with E-state index in [-0.39, 0.29) is 16.8 Å². The average Bonchev–Trinajstić information content (AvgIpc) is 2.23. The number of morpholine rings is 1. The summed E-state index contributed by atoms with van der Waals surface area (Å²) in [6, 6.07) is 5.27. The second kappa shape index (κ2) is 5.04. The van der Waals surface area contributed by atoms with Gasteiger partial charge in [-0.25, -0.2) is 4.79 Å². The van der Waals surface area contributed by atoms with Crippen molar-refractivity contribution in [2.24, 2.45) is 0 Å². The number of carbonyl (C=O) groups is 1. The van der Waals surface area contributed by atoms with Gasteiger partial charge in [-0.15, -0.1) is 0 Å². The lowest BCUT2D eigenvalue weighted by Gasteiger charge is -2.48. The van der Waals surface area contributed by atoms with Crippen molar-refractivity contribution in [3.63, 3.8) is 0 Å². The summed E-state index contributed by atoms with van der Waals surface area (Å²) < 4.78 is 6.82. The van der Waals surface area contributed by atoms with Crippen LogP contribution in [0.5, 0.6) is 0 Å². The number of carboxylic acid groups (broad SMARTS) is 1. The highest BCUT2D eigenvalue weighted by atomic mass is 79.9. The summed E-state index contributed by atoms with van der Waals surface area (Å²) in [4.78, 5) is 13.4. The third-order valence-corrected chi connectivity index (χ3v) is 3.65.